The molecule has 0 aliphatic carbocycles. The molecule has 2 heterocycles. The van der Waals surface area contributed by atoms with E-state index in [1.54, 1.807) is 11.3 Å². The Bertz CT molecular complexity index is 264. The molecule has 1 atom stereocenters. The summed E-state index contributed by atoms with van der Waals surface area (Å²) in [6.45, 7) is 4.45. The Kier molecular flexibility index (Phi) is 2.96. The van der Waals surface area contributed by atoms with Crippen LogP contribution in [0, 0.1) is 12.8 Å². The molecule has 13 heavy (non-hydrogen) atoms. The number of nitrogens with zero attached hydrogens (tertiary/aromatic N) is 1. The van der Waals surface area contributed by atoms with Crippen molar-refractivity contribution in [3.63, 3.8) is 0 Å². The smallest absolute Gasteiger partial charge is 0.0931 e. The molecule has 1 saturated heterocycles. The van der Waals surface area contributed by atoms with E-state index in [9.17, 15) is 0 Å². The number of thiazole rings is 1. The average Bonchev–Trinajstić information content (AvgIpc) is 2.53. The fraction of sp³-hybridized carbons (Fsp3) is 0.700. The molecule has 0 radical (unpaired) electrons. The van der Waals surface area contributed by atoms with E-state index in [2.05, 4.69) is 22.6 Å². The van der Waals surface area contributed by atoms with E-state index in [0.29, 0.717) is 0 Å². The molecule has 0 saturated carbocycles. The van der Waals surface area contributed by atoms with E-state index >= 15 is 0 Å². The lowest BCUT2D eigenvalue weighted by Crippen LogP contribution is -2.30. The highest BCUT2D eigenvalue weighted by Crippen LogP contribution is 2.18. The Morgan fingerprint density at radius 1 is 1.69 bits per heavy atom. The first-order valence-corrected chi connectivity index (χ1v) is 5.84. The summed E-state index contributed by atoms with van der Waals surface area (Å²) >= 11 is 1.80. The Balaban J connectivity index is 1.89. The molecule has 1 aliphatic heterocycles. The van der Waals surface area contributed by atoms with Gasteiger partial charge < -0.3 is 5.32 Å². The van der Waals surface area contributed by atoms with E-state index in [4.69, 9.17) is 0 Å². The van der Waals surface area contributed by atoms with Crippen LogP contribution in [0.1, 0.15) is 23.5 Å². The van der Waals surface area contributed by atoms with E-state index < -0.39 is 0 Å². The minimum Gasteiger partial charge on any atom is -0.316 e. The van der Waals surface area contributed by atoms with Crippen molar-refractivity contribution in [2.75, 3.05) is 13.1 Å². The number of hydrogen-bond acceptors (Lipinski definition) is 3. The quantitative estimate of drug-likeness (QED) is 0.782. The molecule has 2 rings (SSSR count). The van der Waals surface area contributed by atoms with Gasteiger partial charge in [-0.2, -0.15) is 0 Å². The maximum Gasteiger partial charge on any atom is 0.0931 e. The zero-order valence-electron chi connectivity index (χ0n) is 8.05. The van der Waals surface area contributed by atoms with Gasteiger partial charge in [-0.15, -0.1) is 11.3 Å². The van der Waals surface area contributed by atoms with E-state index in [0.717, 1.165) is 5.92 Å². The first-order valence-electron chi connectivity index (χ1n) is 4.96. The van der Waals surface area contributed by atoms with Gasteiger partial charge in [0.25, 0.3) is 0 Å². The highest BCUT2D eigenvalue weighted by molar-refractivity contribution is 7.09. The third-order valence-electron chi connectivity index (χ3n) is 2.53. The van der Waals surface area contributed by atoms with Crippen LogP contribution in [0.4, 0.5) is 0 Å². The highest BCUT2D eigenvalue weighted by Gasteiger charge is 2.14. The molecule has 0 unspecified atom stereocenters. The van der Waals surface area contributed by atoms with Crippen molar-refractivity contribution in [2.45, 2.75) is 26.2 Å². The van der Waals surface area contributed by atoms with Crippen LogP contribution in [-0.4, -0.2) is 18.1 Å². The topological polar surface area (TPSA) is 24.9 Å². The lowest BCUT2D eigenvalue weighted by molar-refractivity contribution is 0.375. The average molecular weight is 196 g/mol. The summed E-state index contributed by atoms with van der Waals surface area (Å²) in [7, 11) is 0. The third-order valence-corrected chi connectivity index (χ3v) is 3.52. The molecule has 3 heteroatoms. The maximum atomic E-state index is 4.50. The van der Waals surface area contributed by atoms with Gasteiger partial charge in [0.1, 0.15) is 0 Å². The summed E-state index contributed by atoms with van der Waals surface area (Å²) in [4.78, 5) is 4.50. The van der Waals surface area contributed by atoms with Crippen LogP contribution >= 0.6 is 11.3 Å². The lowest BCUT2D eigenvalue weighted by atomic mass is 9.97. The van der Waals surface area contributed by atoms with Crippen LogP contribution in [0.25, 0.3) is 0 Å². The highest BCUT2D eigenvalue weighted by atomic mass is 32.1. The first-order chi connectivity index (χ1) is 6.34. The van der Waals surface area contributed by atoms with E-state index in [1.165, 1.54) is 43.1 Å². The Hall–Kier alpha value is -0.410. The summed E-state index contributed by atoms with van der Waals surface area (Å²) in [5.74, 6) is 0.819. The van der Waals surface area contributed by atoms with Crippen LogP contribution in [0.2, 0.25) is 0 Å². The molecule has 1 aromatic heterocycles. The largest absolute Gasteiger partial charge is 0.316 e. The van der Waals surface area contributed by atoms with Crippen molar-refractivity contribution >= 4 is 11.3 Å². The minimum absolute atomic E-state index is 0.819. The fourth-order valence-corrected chi connectivity index (χ4v) is 2.73. The van der Waals surface area contributed by atoms with Crippen molar-refractivity contribution in [2.24, 2.45) is 5.92 Å². The van der Waals surface area contributed by atoms with Crippen LogP contribution in [0.15, 0.2) is 5.38 Å². The minimum atomic E-state index is 0.819. The van der Waals surface area contributed by atoms with Crippen molar-refractivity contribution in [3.8, 4) is 0 Å². The monoisotopic (exact) mass is 196 g/mol. The second kappa shape index (κ2) is 4.20. The summed E-state index contributed by atoms with van der Waals surface area (Å²) < 4.78 is 0. The lowest BCUT2D eigenvalue weighted by Gasteiger charge is -2.21. The summed E-state index contributed by atoms with van der Waals surface area (Å²) in [6, 6.07) is 0. The van der Waals surface area contributed by atoms with Gasteiger partial charge in [-0.05, 0) is 38.8 Å². The molecule has 0 spiro atoms. The molecule has 1 aromatic rings. The van der Waals surface area contributed by atoms with Gasteiger partial charge >= 0.3 is 0 Å². The molecule has 1 fully saturated rings. The van der Waals surface area contributed by atoms with Crippen molar-refractivity contribution < 1.29 is 0 Å². The molecule has 1 N–H and O–H groups in total. The van der Waals surface area contributed by atoms with Crippen LogP contribution in [0.3, 0.4) is 0 Å². The Labute approximate surface area is 83.4 Å². The SMILES string of the molecule is Cc1csc(C[C@@H]2CCCNC2)n1. The molecule has 1 aliphatic rings. The number of hydrogen-bond donors (Lipinski definition) is 1. The molecule has 0 bridgehead atoms. The van der Waals surface area contributed by atoms with Gasteiger partial charge in [-0.1, -0.05) is 0 Å². The van der Waals surface area contributed by atoms with E-state index in [1.807, 2.05) is 0 Å². The normalized spacial score (nSPS) is 23.3. The predicted molar refractivity (Wildman–Crippen MR) is 56.1 cm³/mol. The van der Waals surface area contributed by atoms with Gasteiger partial charge in [0.15, 0.2) is 0 Å². The zero-order chi connectivity index (χ0) is 9.10. The maximum absolute atomic E-state index is 4.50. The summed E-state index contributed by atoms with van der Waals surface area (Å²) in [6.07, 6.45) is 3.87. The van der Waals surface area contributed by atoms with Crippen molar-refractivity contribution in [1.29, 1.82) is 0 Å². The van der Waals surface area contributed by atoms with Gasteiger partial charge in [0.2, 0.25) is 0 Å². The molecular formula is C10H16N2S. The van der Waals surface area contributed by atoms with Gasteiger partial charge in [0.05, 0.1) is 5.01 Å². The molecular weight excluding hydrogens is 180 g/mol. The summed E-state index contributed by atoms with van der Waals surface area (Å²) in [5.41, 5.74) is 1.17. The molecule has 2 nitrogen and oxygen atoms in total. The molecule has 0 amide bonds. The van der Waals surface area contributed by atoms with Gasteiger partial charge in [-0.25, -0.2) is 4.98 Å². The van der Waals surface area contributed by atoms with Crippen molar-refractivity contribution in [1.82, 2.24) is 10.3 Å². The Morgan fingerprint density at radius 3 is 3.23 bits per heavy atom. The molecule has 0 aromatic carbocycles. The van der Waals surface area contributed by atoms with E-state index in [-0.39, 0.29) is 0 Å². The van der Waals surface area contributed by atoms with Gasteiger partial charge in [-0.3, -0.25) is 0 Å². The second-order valence-corrected chi connectivity index (χ2v) is 4.74. The number of aryl methyl sites for hydroxylation is 1. The first kappa shape index (κ1) is 9.16. The van der Waals surface area contributed by atoms with Crippen LogP contribution < -0.4 is 5.32 Å². The predicted octanol–water partition coefficient (Wildman–Crippen LogP) is 1.99. The second-order valence-electron chi connectivity index (χ2n) is 3.80. The van der Waals surface area contributed by atoms with Gasteiger partial charge in [0, 0.05) is 17.5 Å². The standard InChI is InChI=1S/C10H16N2S/c1-8-7-13-10(12-8)5-9-3-2-4-11-6-9/h7,9,11H,2-6H2,1H3/t9-/m0/s1. The van der Waals surface area contributed by atoms with Crippen LogP contribution in [-0.2, 0) is 6.42 Å². The number of aromatic nitrogens is 1. The molecule has 72 valence electrons. The Morgan fingerprint density at radius 2 is 2.62 bits per heavy atom. The zero-order valence-corrected chi connectivity index (χ0v) is 8.86. The fourth-order valence-electron chi connectivity index (χ4n) is 1.84. The van der Waals surface area contributed by atoms with Crippen molar-refractivity contribution in [3.05, 3.63) is 16.1 Å². The number of piperidine rings is 1. The number of nitrogens with one attached hydrogen (secondary N) is 1. The number of rotatable bonds is 2. The van der Waals surface area contributed by atoms with Crippen LogP contribution in [0.5, 0.6) is 0 Å². The third kappa shape index (κ3) is 2.51. The summed E-state index contributed by atoms with van der Waals surface area (Å²) in [5, 5.41) is 6.89.